The lowest BCUT2D eigenvalue weighted by atomic mass is 10.1. The lowest BCUT2D eigenvalue weighted by Crippen LogP contribution is -2.07. The van der Waals surface area contributed by atoms with Gasteiger partial charge in [-0.05, 0) is 32.0 Å². The van der Waals surface area contributed by atoms with E-state index in [2.05, 4.69) is 15.5 Å². The standard InChI is InChI=1S/C13H16N4O2/c1-8(18)11-7-10(3-4-12(11)14)15-6-5-13-16-9(2)17-19-13/h3-4,7,15H,5-6,14H2,1-2H3. The fraction of sp³-hybridized carbons (Fsp3) is 0.308. The van der Waals surface area contributed by atoms with E-state index in [1.165, 1.54) is 6.92 Å². The predicted octanol–water partition coefficient (Wildman–Crippen LogP) is 1.82. The first-order valence-electron chi connectivity index (χ1n) is 6.00. The molecule has 1 aromatic heterocycles. The van der Waals surface area contributed by atoms with Gasteiger partial charge in [0.05, 0.1) is 0 Å². The molecule has 0 fully saturated rings. The normalized spacial score (nSPS) is 10.4. The highest BCUT2D eigenvalue weighted by Crippen LogP contribution is 2.18. The van der Waals surface area contributed by atoms with Crippen molar-refractivity contribution in [1.82, 2.24) is 10.1 Å². The number of carbonyl (C=O) groups excluding carboxylic acids is 1. The number of ketones is 1. The van der Waals surface area contributed by atoms with Gasteiger partial charge in [0.15, 0.2) is 11.6 Å². The second-order valence-electron chi connectivity index (χ2n) is 4.27. The Morgan fingerprint density at radius 3 is 2.89 bits per heavy atom. The summed E-state index contributed by atoms with van der Waals surface area (Å²) in [7, 11) is 0. The van der Waals surface area contributed by atoms with Crippen molar-refractivity contribution >= 4 is 17.2 Å². The summed E-state index contributed by atoms with van der Waals surface area (Å²) in [6.45, 7) is 3.92. The largest absolute Gasteiger partial charge is 0.398 e. The van der Waals surface area contributed by atoms with E-state index in [9.17, 15) is 4.79 Å². The van der Waals surface area contributed by atoms with Crippen LogP contribution in [0.25, 0.3) is 0 Å². The number of nitrogens with two attached hydrogens (primary N) is 1. The lowest BCUT2D eigenvalue weighted by Gasteiger charge is -2.08. The number of nitrogens with one attached hydrogen (secondary N) is 1. The first-order valence-corrected chi connectivity index (χ1v) is 6.00. The quantitative estimate of drug-likeness (QED) is 0.629. The number of rotatable bonds is 5. The Hall–Kier alpha value is -2.37. The number of aryl methyl sites for hydroxylation is 1. The zero-order chi connectivity index (χ0) is 13.8. The van der Waals surface area contributed by atoms with Gasteiger partial charge in [-0.15, -0.1) is 0 Å². The molecule has 0 saturated carbocycles. The summed E-state index contributed by atoms with van der Waals surface area (Å²) in [6, 6.07) is 5.30. The van der Waals surface area contributed by atoms with E-state index in [1.807, 2.05) is 6.07 Å². The van der Waals surface area contributed by atoms with Crippen LogP contribution in [0, 0.1) is 6.92 Å². The third kappa shape index (κ3) is 3.31. The van der Waals surface area contributed by atoms with Crippen LogP contribution in [0.1, 0.15) is 29.0 Å². The van der Waals surface area contributed by atoms with Crippen molar-refractivity contribution in [2.75, 3.05) is 17.6 Å². The van der Waals surface area contributed by atoms with Gasteiger partial charge in [0.2, 0.25) is 5.89 Å². The first kappa shape index (κ1) is 13.1. The molecule has 0 aliphatic carbocycles. The lowest BCUT2D eigenvalue weighted by molar-refractivity contribution is 0.101. The molecule has 6 heteroatoms. The van der Waals surface area contributed by atoms with Gasteiger partial charge in [-0.3, -0.25) is 4.79 Å². The molecule has 6 nitrogen and oxygen atoms in total. The number of carbonyl (C=O) groups is 1. The van der Waals surface area contributed by atoms with Crippen LogP contribution in [0.3, 0.4) is 0 Å². The maximum absolute atomic E-state index is 11.4. The van der Waals surface area contributed by atoms with Crippen LogP contribution < -0.4 is 11.1 Å². The van der Waals surface area contributed by atoms with E-state index in [1.54, 1.807) is 19.1 Å². The molecule has 0 radical (unpaired) electrons. The first-order chi connectivity index (χ1) is 9.06. The van der Waals surface area contributed by atoms with Crippen LogP contribution >= 0.6 is 0 Å². The van der Waals surface area contributed by atoms with E-state index < -0.39 is 0 Å². The van der Waals surface area contributed by atoms with E-state index >= 15 is 0 Å². The van der Waals surface area contributed by atoms with Gasteiger partial charge >= 0.3 is 0 Å². The van der Waals surface area contributed by atoms with E-state index in [-0.39, 0.29) is 5.78 Å². The maximum atomic E-state index is 11.4. The summed E-state index contributed by atoms with van der Waals surface area (Å²) in [5.74, 6) is 1.17. The molecule has 0 atom stereocenters. The molecule has 2 rings (SSSR count). The fourth-order valence-electron chi connectivity index (χ4n) is 1.73. The monoisotopic (exact) mass is 260 g/mol. The molecule has 0 unspecified atom stereocenters. The Morgan fingerprint density at radius 1 is 1.47 bits per heavy atom. The average molecular weight is 260 g/mol. The van der Waals surface area contributed by atoms with E-state index in [0.29, 0.717) is 35.9 Å². The molecule has 0 saturated heterocycles. The number of aromatic nitrogens is 2. The van der Waals surface area contributed by atoms with Crippen molar-refractivity contribution in [3.05, 3.63) is 35.5 Å². The fourth-order valence-corrected chi connectivity index (χ4v) is 1.73. The zero-order valence-corrected chi connectivity index (χ0v) is 10.9. The molecule has 0 bridgehead atoms. The Labute approximate surface area is 111 Å². The summed E-state index contributed by atoms with van der Waals surface area (Å²) >= 11 is 0. The number of hydrogen-bond acceptors (Lipinski definition) is 6. The molecule has 0 spiro atoms. The van der Waals surface area contributed by atoms with Gasteiger partial charge in [0.1, 0.15) is 0 Å². The Morgan fingerprint density at radius 2 is 2.26 bits per heavy atom. The van der Waals surface area contributed by atoms with Crippen LogP contribution in [-0.2, 0) is 6.42 Å². The van der Waals surface area contributed by atoms with Gasteiger partial charge < -0.3 is 15.6 Å². The minimum Gasteiger partial charge on any atom is -0.398 e. The van der Waals surface area contributed by atoms with Gasteiger partial charge in [-0.25, -0.2) is 0 Å². The molecule has 1 aromatic carbocycles. The molecule has 2 aromatic rings. The van der Waals surface area contributed by atoms with Crippen LogP contribution in [0.5, 0.6) is 0 Å². The van der Waals surface area contributed by atoms with Crippen LogP contribution in [0.2, 0.25) is 0 Å². The van der Waals surface area contributed by atoms with Gasteiger partial charge in [-0.1, -0.05) is 5.16 Å². The predicted molar refractivity (Wildman–Crippen MR) is 72.1 cm³/mol. The highest BCUT2D eigenvalue weighted by Gasteiger charge is 2.06. The molecular weight excluding hydrogens is 244 g/mol. The third-order valence-electron chi connectivity index (χ3n) is 2.67. The second-order valence-corrected chi connectivity index (χ2v) is 4.27. The minimum atomic E-state index is -0.0475. The number of anilines is 2. The van der Waals surface area contributed by atoms with Crippen LogP contribution in [0.15, 0.2) is 22.7 Å². The number of nitrogens with zero attached hydrogens (tertiary/aromatic N) is 2. The highest BCUT2D eigenvalue weighted by atomic mass is 16.5. The molecule has 0 aliphatic heterocycles. The van der Waals surface area contributed by atoms with Gasteiger partial charge in [0.25, 0.3) is 0 Å². The van der Waals surface area contributed by atoms with Gasteiger partial charge in [-0.2, -0.15) is 4.98 Å². The molecule has 1 heterocycles. The van der Waals surface area contributed by atoms with Crippen molar-refractivity contribution < 1.29 is 9.32 Å². The number of benzene rings is 1. The second kappa shape index (κ2) is 5.51. The summed E-state index contributed by atoms with van der Waals surface area (Å²) in [5.41, 5.74) is 7.59. The smallest absolute Gasteiger partial charge is 0.228 e. The Kier molecular flexibility index (Phi) is 3.79. The Bertz CT molecular complexity index is 592. The Balaban J connectivity index is 1.96. The third-order valence-corrected chi connectivity index (χ3v) is 2.67. The maximum Gasteiger partial charge on any atom is 0.228 e. The van der Waals surface area contributed by atoms with Crippen molar-refractivity contribution in [2.24, 2.45) is 0 Å². The SMILES string of the molecule is CC(=O)c1cc(NCCc2nc(C)no2)ccc1N. The summed E-state index contributed by atoms with van der Waals surface area (Å²) in [5, 5.41) is 6.91. The molecule has 0 aliphatic rings. The zero-order valence-electron chi connectivity index (χ0n) is 10.9. The van der Waals surface area contributed by atoms with Crippen molar-refractivity contribution in [2.45, 2.75) is 20.3 Å². The summed E-state index contributed by atoms with van der Waals surface area (Å²) < 4.78 is 5.01. The molecule has 3 N–H and O–H groups in total. The minimum absolute atomic E-state index is 0.0475. The topological polar surface area (TPSA) is 94.0 Å². The highest BCUT2D eigenvalue weighted by molar-refractivity contribution is 5.99. The molecule has 100 valence electrons. The van der Waals surface area contributed by atoms with Crippen LogP contribution in [0.4, 0.5) is 11.4 Å². The van der Waals surface area contributed by atoms with Crippen molar-refractivity contribution in [1.29, 1.82) is 0 Å². The summed E-state index contributed by atoms with van der Waals surface area (Å²) in [6.07, 6.45) is 0.626. The number of Topliss-reactive ketones (excluding diaryl/α,β-unsaturated/α-hetero) is 1. The average Bonchev–Trinajstić information content (AvgIpc) is 2.77. The molecule has 19 heavy (non-hydrogen) atoms. The van der Waals surface area contributed by atoms with Gasteiger partial charge in [0, 0.05) is 29.9 Å². The number of nitrogen functional groups attached to an aromatic ring is 1. The van der Waals surface area contributed by atoms with Crippen molar-refractivity contribution in [3.8, 4) is 0 Å². The number of hydrogen-bond donors (Lipinski definition) is 2. The molecular formula is C13H16N4O2. The van der Waals surface area contributed by atoms with Crippen LogP contribution in [-0.4, -0.2) is 22.5 Å². The van der Waals surface area contributed by atoms with E-state index in [4.69, 9.17) is 10.3 Å². The van der Waals surface area contributed by atoms with Crippen molar-refractivity contribution in [3.63, 3.8) is 0 Å². The van der Waals surface area contributed by atoms with E-state index in [0.717, 1.165) is 5.69 Å². The summed E-state index contributed by atoms with van der Waals surface area (Å²) in [4.78, 5) is 15.5. The molecule has 0 amide bonds.